The fraction of sp³-hybridized carbons (Fsp3) is 0.500. The standard InChI is InChI=1S/C12H16F3NO3.ClH/c1-17-7-4-9(18-2)11(10(5-7)19-3)8(16)6-12(13,14)15;/h4-5,8H,6,16H2,1-3H3;1H/t8-;/m0./s1. The second-order valence-corrected chi connectivity index (χ2v) is 3.87. The van der Waals surface area contributed by atoms with Crippen molar-refractivity contribution in [3.05, 3.63) is 17.7 Å². The highest BCUT2D eigenvalue weighted by atomic mass is 35.5. The lowest BCUT2D eigenvalue weighted by molar-refractivity contribution is -0.138. The van der Waals surface area contributed by atoms with Crippen molar-refractivity contribution in [3.63, 3.8) is 0 Å². The number of hydrogen-bond donors (Lipinski definition) is 1. The Bertz CT molecular complexity index is 415. The second kappa shape index (κ2) is 7.44. The smallest absolute Gasteiger partial charge is 0.390 e. The third-order valence-electron chi connectivity index (χ3n) is 2.58. The molecule has 0 heterocycles. The summed E-state index contributed by atoms with van der Waals surface area (Å²) < 4.78 is 52.4. The van der Waals surface area contributed by atoms with Crippen molar-refractivity contribution in [1.82, 2.24) is 0 Å². The van der Waals surface area contributed by atoms with Crippen molar-refractivity contribution in [1.29, 1.82) is 0 Å². The first-order chi connectivity index (χ1) is 8.82. The Morgan fingerprint density at radius 1 is 1.05 bits per heavy atom. The van der Waals surface area contributed by atoms with Gasteiger partial charge in [0.1, 0.15) is 17.2 Å². The van der Waals surface area contributed by atoms with Crippen molar-refractivity contribution < 1.29 is 27.4 Å². The van der Waals surface area contributed by atoms with Crippen LogP contribution in [-0.2, 0) is 0 Å². The molecule has 0 spiro atoms. The number of halogens is 4. The highest BCUT2D eigenvalue weighted by Crippen LogP contribution is 2.40. The van der Waals surface area contributed by atoms with Crippen LogP contribution in [0.15, 0.2) is 12.1 Å². The minimum atomic E-state index is -4.37. The fourth-order valence-corrected chi connectivity index (χ4v) is 1.75. The molecular weight excluding hydrogens is 299 g/mol. The van der Waals surface area contributed by atoms with E-state index >= 15 is 0 Å². The maximum absolute atomic E-state index is 12.4. The first kappa shape index (κ1) is 18.7. The molecule has 0 aliphatic heterocycles. The summed E-state index contributed by atoms with van der Waals surface area (Å²) >= 11 is 0. The van der Waals surface area contributed by atoms with Crippen LogP contribution in [0.5, 0.6) is 17.2 Å². The quantitative estimate of drug-likeness (QED) is 0.907. The summed E-state index contributed by atoms with van der Waals surface area (Å²) in [6, 6.07) is 1.66. The predicted molar refractivity (Wildman–Crippen MR) is 70.9 cm³/mol. The van der Waals surface area contributed by atoms with Crippen molar-refractivity contribution in [3.8, 4) is 17.2 Å². The zero-order chi connectivity index (χ0) is 14.6. The molecule has 0 saturated heterocycles. The minimum absolute atomic E-state index is 0. The molecule has 1 aromatic carbocycles. The van der Waals surface area contributed by atoms with E-state index in [9.17, 15) is 13.2 Å². The molecule has 2 N–H and O–H groups in total. The Morgan fingerprint density at radius 2 is 1.50 bits per heavy atom. The van der Waals surface area contributed by atoms with Crippen LogP contribution in [0.3, 0.4) is 0 Å². The van der Waals surface area contributed by atoms with E-state index in [1.54, 1.807) is 0 Å². The number of benzene rings is 1. The SMILES string of the molecule is COc1cc(OC)c([C@@H](N)CC(F)(F)F)c(OC)c1.Cl. The number of alkyl halides is 3. The zero-order valence-corrected chi connectivity index (χ0v) is 12.1. The van der Waals surface area contributed by atoms with Gasteiger partial charge in [-0.05, 0) is 0 Å². The Kier molecular flexibility index (Phi) is 6.95. The lowest BCUT2D eigenvalue weighted by Gasteiger charge is -2.20. The largest absolute Gasteiger partial charge is 0.496 e. The second-order valence-electron chi connectivity index (χ2n) is 3.87. The number of ether oxygens (including phenoxy) is 3. The fourth-order valence-electron chi connectivity index (χ4n) is 1.75. The summed E-state index contributed by atoms with van der Waals surface area (Å²) in [5.41, 5.74) is 5.77. The maximum Gasteiger partial charge on any atom is 0.390 e. The van der Waals surface area contributed by atoms with Crippen LogP contribution in [0, 0.1) is 0 Å². The van der Waals surface area contributed by atoms with Gasteiger partial charge in [0, 0.05) is 18.2 Å². The number of rotatable bonds is 5. The monoisotopic (exact) mass is 315 g/mol. The van der Waals surface area contributed by atoms with Gasteiger partial charge in [-0.2, -0.15) is 13.2 Å². The van der Waals surface area contributed by atoms with Gasteiger partial charge in [-0.15, -0.1) is 12.4 Å². The molecule has 116 valence electrons. The average molecular weight is 316 g/mol. The van der Waals surface area contributed by atoms with E-state index in [1.165, 1.54) is 33.5 Å². The van der Waals surface area contributed by atoms with Crippen LogP contribution in [-0.4, -0.2) is 27.5 Å². The van der Waals surface area contributed by atoms with Crippen LogP contribution in [0.4, 0.5) is 13.2 Å². The van der Waals surface area contributed by atoms with Crippen molar-refractivity contribution in [2.45, 2.75) is 18.6 Å². The lowest BCUT2D eigenvalue weighted by atomic mass is 10.0. The molecular formula is C12H17ClF3NO3. The van der Waals surface area contributed by atoms with Gasteiger partial charge < -0.3 is 19.9 Å². The van der Waals surface area contributed by atoms with Crippen LogP contribution in [0.2, 0.25) is 0 Å². The van der Waals surface area contributed by atoms with E-state index in [0.717, 1.165) is 0 Å². The number of hydrogen-bond acceptors (Lipinski definition) is 4. The van der Waals surface area contributed by atoms with Gasteiger partial charge in [0.05, 0.1) is 33.3 Å². The molecule has 0 bridgehead atoms. The third-order valence-corrected chi connectivity index (χ3v) is 2.58. The normalized spacial score (nSPS) is 12.3. The van der Waals surface area contributed by atoms with E-state index in [2.05, 4.69) is 0 Å². The summed E-state index contributed by atoms with van der Waals surface area (Å²) in [7, 11) is 4.12. The molecule has 0 radical (unpaired) electrons. The summed E-state index contributed by atoms with van der Waals surface area (Å²) in [6.45, 7) is 0. The zero-order valence-electron chi connectivity index (χ0n) is 11.3. The van der Waals surface area contributed by atoms with Gasteiger partial charge in [-0.1, -0.05) is 0 Å². The molecule has 1 rings (SSSR count). The molecule has 0 amide bonds. The van der Waals surface area contributed by atoms with Gasteiger partial charge in [-0.25, -0.2) is 0 Å². The Hall–Kier alpha value is -1.34. The molecule has 0 aliphatic rings. The van der Waals surface area contributed by atoms with Gasteiger partial charge in [-0.3, -0.25) is 0 Å². The molecule has 0 aliphatic carbocycles. The molecule has 8 heteroatoms. The average Bonchev–Trinajstić information content (AvgIpc) is 2.34. The van der Waals surface area contributed by atoms with Gasteiger partial charge >= 0.3 is 6.18 Å². The van der Waals surface area contributed by atoms with E-state index in [1.807, 2.05) is 0 Å². The van der Waals surface area contributed by atoms with Crippen molar-refractivity contribution >= 4 is 12.4 Å². The molecule has 0 saturated carbocycles. The molecule has 0 unspecified atom stereocenters. The molecule has 20 heavy (non-hydrogen) atoms. The first-order valence-electron chi connectivity index (χ1n) is 5.44. The third kappa shape index (κ3) is 4.64. The van der Waals surface area contributed by atoms with E-state index < -0.39 is 18.6 Å². The number of methoxy groups -OCH3 is 3. The minimum Gasteiger partial charge on any atom is -0.496 e. The van der Waals surface area contributed by atoms with E-state index in [0.29, 0.717) is 5.75 Å². The Morgan fingerprint density at radius 3 is 1.80 bits per heavy atom. The summed E-state index contributed by atoms with van der Waals surface area (Å²) in [4.78, 5) is 0. The molecule has 4 nitrogen and oxygen atoms in total. The van der Waals surface area contributed by atoms with Crippen LogP contribution < -0.4 is 19.9 Å². The molecule has 0 fully saturated rings. The summed E-state index contributed by atoms with van der Waals surface area (Å²) in [6.07, 6.45) is -5.53. The van der Waals surface area contributed by atoms with E-state index in [4.69, 9.17) is 19.9 Å². The molecule has 1 aromatic rings. The first-order valence-corrected chi connectivity index (χ1v) is 5.44. The van der Waals surface area contributed by atoms with Gasteiger partial charge in [0.2, 0.25) is 0 Å². The topological polar surface area (TPSA) is 53.7 Å². The summed E-state index contributed by atoms with van der Waals surface area (Å²) in [5, 5.41) is 0. The Balaban J connectivity index is 0.00000361. The van der Waals surface area contributed by atoms with Crippen molar-refractivity contribution in [2.75, 3.05) is 21.3 Å². The van der Waals surface area contributed by atoms with Gasteiger partial charge in [0.25, 0.3) is 0 Å². The summed E-state index contributed by atoms with van der Waals surface area (Å²) in [5.74, 6) is 0.817. The van der Waals surface area contributed by atoms with Gasteiger partial charge in [0.15, 0.2) is 0 Å². The van der Waals surface area contributed by atoms with Crippen LogP contribution >= 0.6 is 12.4 Å². The molecule has 1 atom stereocenters. The number of nitrogens with two attached hydrogens (primary N) is 1. The van der Waals surface area contributed by atoms with E-state index in [-0.39, 0.29) is 29.5 Å². The van der Waals surface area contributed by atoms with Crippen LogP contribution in [0.25, 0.3) is 0 Å². The maximum atomic E-state index is 12.4. The molecule has 0 aromatic heterocycles. The highest BCUT2D eigenvalue weighted by Gasteiger charge is 2.33. The Labute approximate surface area is 121 Å². The predicted octanol–water partition coefficient (Wildman–Crippen LogP) is 3.09. The van der Waals surface area contributed by atoms with Crippen LogP contribution in [0.1, 0.15) is 18.0 Å². The lowest BCUT2D eigenvalue weighted by Crippen LogP contribution is -2.21. The highest BCUT2D eigenvalue weighted by molar-refractivity contribution is 5.85. The van der Waals surface area contributed by atoms with Crippen molar-refractivity contribution in [2.24, 2.45) is 5.73 Å².